The molecule has 0 aliphatic heterocycles. The lowest BCUT2D eigenvalue weighted by atomic mass is 10.2. The standard InChI is InChI=1S/C18H24N2O3S2.C17H22N2O3S2/c1-13-10-15(6-9-18(13)24-5)23-17-8-7-16(25(21,22)19-2)11-14(17)12-20(3)4;1-12-9-14(5-8-17(12)23-4)22-16-7-6-15(24(18,20)21)10-13(16)11-19(2)3/h6-11,19H,12H2,1-5H3;5-10H,11H2,1-4H3,(H2,18,20,21). The van der Waals surface area contributed by atoms with Gasteiger partial charge in [-0.25, -0.2) is 26.7 Å². The summed E-state index contributed by atoms with van der Waals surface area (Å²) in [5.41, 5.74) is 3.86. The maximum atomic E-state index is 12.1. The fraction of sp³-hybridized carbons (Fsp3) is 0.314. The molecular weight excluding hydrogens is 701 g/mol. The molecule has 0 radical (unpaired) electrons. The lowest BCUT2D eigenvalue weighted by molar-refractivity contribution is 0.388. The minimum absolute atomic E-state index is 0.0839. The summed E-state index contributed by atoms with van der Waals surface area (Å²) in [6.45, 7) is 5.19. The van der Waals surface area contributed by atoms with Gasteiger partial charge < -0.3 is 19.3 Å². The van der Waals surface area contributed by atoms with Gasteiger partial charge in [0.25, 0.3) is 0 Å². The molecule has 0 aliphatic carbocycles. The highest BCUT2D eigenvalue weighted by Crippen LogP contribution is 2.33. The van der Waals surface area contributed by atoms with Gasteiger partial charge in [-0.3, -0.25) is 0 Å². The molecule has 0 atom stereocenters. The molecule has 0 fully saturated rings. The number of benzene rings is 4. The molecule has 0 saturated carbocycles. The Morgan fingerprint density at radius 2 is 1.06 bits per heavy atom. The molecule has 0 heterocycles. The number of rotatable bonds is 13. The number of aryl methyl sites for hydroxylation is 2. The molecule has 0 aliphatic rings. The Bertz CT molecular complexity index is 1970. The molecule has 0 aromatic heterocycles. The molecule has 4 aromatic rings. The van der Waals surface area contributed by atoms with Crippen LogP contribution in [0.4, 0.5) is 0 Å². The second kappa shape index (κ2) is 17.7. The summed E-state index contributed by atoms with van der Waals surface area (Å²) >= 11 is 3.38. The summed E-state index contributed by atoms with van der Waals surface area (Å²) < 4.78 is 61.6. The number of thioether (sulfide) groups is 2. The van der Waals surface area contributed by atoms with Gasteiger partial charge >= 0.3 is 0 Å². The summed E-state index contributed by atoms with van der Waals surface area (Å²) in [6, 6.07) is 21.4. The van der Waals surface area contributed by atoms with Gasteiger partial charge in [-0.05, 0) is 146 Å². The Balaban J connectivity index is 0.000000266. The van der Waals surface area contributed by atoms with Gasteiger partial charge in [-0.1, -0.05) is 0 Å². The van der Waals surface area contributed by atoms with Crippen LogP contribution in [-0.2, 0) is 33.1 Å². The van der Waals surface area contributed by atoms with Crippen LogP contribution >= 0.6 is 23.5 Å². The van der Waals surface area contributed by atoms with E-state index in [-0.39, 0.29) is 9.79 Å². The van der Waals surface area contributed by atoms with Crippen molar-refractivity contribution in [2.45, 2.75) is 46.5 Å². The first-order valence-corrected chi connectivity index (χ1v) is 20.6. The van der Waals surface area contributed by atoms with Crippen molar-refractivity contribution in [2.75, 3.05) is 47.7 Å². The van der Waals surface area contributed by atoms with E-state index in [0.717, 1.165) is 28.0 Å². The first-order chi connectivity index (χ1) is 23.0. The largest absolute Gasteiger partial charge is 0.457 e. The highest BCUT2D eigenvalue weighted by atomic mass is 32.2. The minimum atomic E-state index is -3.74. The number of nitrogens with zero attached hydrogens (tertiary/aromatic N) is 2. The highest BCUT2D eigenvalue weighted by molar-refractivity contribution is 7.98. The maximum Gasteiger partial charge on any atom is 0.240 e. The van der Waals surface area contributed by atoms with Crippen LogP contribution in [0.5, 0.6) is 23.0 Å². The van der Waals surface area contributed by atoms with Gasteiger partial charge in [0.2, 0.25) is 20.0 Å². The van der Waals surface area contributed by atoms with Crippen molar-refractivity contribution in [1.29, 1.82) is 0 Å². The number of nitrogens with one attached hydrogen (secondary N) is 1. The number of sulfonamides is 2. The Labute approximate surface area is 300 Å². The van der Waals surface area contributed by atoms with E-state index in [2.05, 4.69) is 4.72 Å². The minimum Gasteiger partial charge on any atom is -0.457 e. The summed E-state index contributed by atoms with van der Waals surface area (Å²) in [5.74, 6) is 2.72. The van der Waals surface area contributed by atoms with E-state index in [1.54, 1.807) is 53.9 Å². The van der Waals surface area contributed by atoms with Gasteiger partial charge in [-0.2, -0.15) is 0 Å². The molecule has 0 saturated heterocycles. The third kappa shape index (κ3) is 11.7. The van der Waals surface area contributed by atoms with Crippen LogP contribution in [-0.4, -0.2) is 74.4 Å². The molecule has 266 valence electrons. The van der Waals surface area contributed by atoms with Crippen LogP contribution in [0.15, 0.2) is 92.4 Å². The first-order valence-electron chi connectivity index (χ1n) is 15.1. The van der Waals surface area contributed by atoms with E-state index in [0.29, 0.717) is 30.3 Å². The van der Waals surface area contributed by atoms with Gasteiger partial charge in [0.15, 0.2) is 0 Å². The van der Waals surface area contributed by atoms with E-state index < -0.39 is 20.0 Å². The average Bonchev–Trinajstić information content (AvgIpc) is 3.02. The van der Waals surface area contributed by atoms with E-state index in [9.17, 15) is 16.8 Å². The van der Waals surface area contributed by atoms with Gasteiger partial charge in [0, 0.05) is 34.0 Å². The number of nitrogens with two attached hydrogens (primary N) is 1. The van der Waals surface area contributed by atoms with E-state index in [1.807, 2.05) is 101 Å². The van der Waals surface area contributed by atoms with Crippen molar-refractivity contribution in [3.63, 3.8) is 0 Å². The van der Waals surface area contributed by atoms with Crippen molar-refractivity contribution in [3.05, 3.63) is 95.1 Å². The van der Waals surface area contributed by atoms with Crippen LogP contribution in [0, 0.1) is 13.8 Å². The molecule has 49 heavy (non-hydrogen) atoms. The molecule has 3 N–H and O–H groups in total. The molecule has 10 nitrogen and oxygen atoms in total. The van der Waals surface area contributed by atoms with Crippen LogP contribution in [0.25, 0.3) is 0 Å². The van der Waals surface area contributed by atoms with Crippen LogP contribution in [0.1, 0.15) is 22.3 Å². The Kier molecular flexibility index (Phi) is 14.6. The van der Waals surface area contributed by atoms with E-state index in [1.165, 1.54) is 22.9 Å². The van der Waals surface area contributed by atoms with Crippen molar-refractivity contribution in [2.24, 2.45) is 5.14 Å². The Morgan fingerprint density at radius 3 is 1.41 bits per heavy atom. The molecule has 0 bridgehead atoms. The van der Waals surface area contributed by atoms with E-state index in [4.69, 9.17) is 14.6 Å². The number of ether oxygens (including phenoxy) is 2. The first kappa shape index (κ1) is 40.4. The number of hydrogen-bond acceptors (Lipinski definition) is 10. The Morgan fingerprint density at radius 1 is 0.653 bits per heavy atom. The second-order valence-electron chi connectivity index (χ2n) is 11.7. The molecular formula is C35H46N4O6S4. The van der Waals surface area contributed by atoms with Crippen LogP contribution in [0.2, 0.25) is 0 Å². The van der Waals surface area contributed by atoms with Crippen molar-refractivity contribution < 1.29 is 26.3 Å². The number of primary sulfonamides is 1. The quantitative estimate of drug-likeness (QED) is 0.143. The predicted molar refractivity (Wildman–Crippen MR) is 201 cm³/mol. The molecule has 4 rings (SSSR count). The normalized spacial score (nSPS) is 11.8. The zero-order valence-corrected chi connectivity index (χ0v) is 32.7. The fourth-order valence-corrected chi connectivity index (χ4v) is 7.30. The highest BCUT2D eigenvalue weighted by Gasteiger charge is 2.17. The topological polar surface area (TPSA) is 131 Å². The van der Waals surface area contributed by atoms with Gasteiger partial charge in [0.05, 0.1) is 9.79 Å². The van der Waals surface area contributed by atoms with Crippen molar-refractivity contribution in [1.82, 2.24) is 14.5 Å². The fourth-order valence-electron chi connectivity index (χ4n) is 4.78. The van der Waals surface area contributed by atoms with Gasteiger partial charge in [0.1, 0.15) is 23.0 Å². The second-order valence-corrected chi connectivity index (χ2v) is 16.9. The van der Waals surface area contributed by atoms with Crippen LogP contribution < -0.4 is 19.3 Å². The average molecular weight is 747 g/mol. The summed E-state index contributed by atoms with van der Waals surface area (Å²) in [6.07, 6.45) is 4.07. The summed E-state index contributed by atoms with van der Waals surface area (Å²) in [7, 11) is 1.85. The molecule has 0 amide bonds. The lowest BCUT2D eigenvalue weighted by Gasteiger charge is -2.17. The third-order valence-corrected chi connectivity index (χ3v) is 11.3. The van der Waals surface area contributed by atoms with E-state index >= 15 is 0 Å². The molecule has 0 spiro atoms. The summed E-state index contributed by atoms with van der Waals surface area (Å²) in [5, 5.41) is 5.23. The van der Waals surface area contributed by atoms with Crippen LogP contribution in [0.3, 0.4) is 0 Å². The smallest absolute Gasteiger partial charge is 0.240 e. The maximum absolute atomic E-state index is 12.1. The monoisotopic (exact) mass is 746 g/mol. The molecule has 14 heteroatoms. The predicted octanol–water partition coefficient (Wildman–Crippen LogP) is 6.70. The third-order valence-electron chi connectivity index (χ3n) is 7.13. The zero-order valence-electron chi connectivity index (χ0n) is 29.4. The molecule has 0 unspecified atom stereocenters. The SMILES string of the molecule is CNS(=O)(=O)c1ccc(Oc2ccc(SC)c(C)c2)c(CN(C)C)c1.CSc1ccc(Oc2ccc(S(N)(=O)=O)cc2CN(C)C)cc1C. The zero-order chi connectivity index (χ0) is 36.5. The Hall–Kier alpha value is -3.08. The summed E-state index contributed by atoms with van der Waals surface area (Å²) in [4.78, 5) is 6.63. The number of hydrogen-bond donors (Lipinski definition) is 2. The molecule has 4 aromatic carbocycles. The van der Waals surface area contributed by atoms with Crippen molar-refractivity contribution in [3.8, 4) is 23.0 Å². The lowest BCUT2D eigenvalue weighted by Crippen LogP contribution is -2.19. The van der Waals surface area contributed by atoms with Crippen molar-refractivity contribution >= 4 is 43.6 Å². The van der Waals surface area contributed by atoms with Gasteiger partial charge in [-0.15, -0.1) is 23.5 Å².